The van der Waals surface area contributed by atoms with Crippen LogP contribution in [0.25, 0.3) is 0 Å². The Labute approximate surface area is 137 Å². The molecule has 2 aromatic rings. The van der Waals surface area contributed by atoms with Crippen molar-refractivity contribution in [3.05, 3.63) is 45.7 Å². The second-order valence-corrected chi connectivity index (χ2v) is 6.46. The number of phenols is 1. The van der Waals surface area contributed by atoms with Crippen LogP contribution in [0.2, 0.25) is 0 Å². The number of nitrogens with zero attached hydrogens (tertiary/aromatic N) is 1. The van der Waals surface area contributed by atoms with Crippen LogP contribution in [-0.2, 0) is 4.79 Å². The van der Waals surface area contributed by atoms with Crippen LogP contribution in [0.15, 0.2) is 34.2 Å². The number of phenolic OH excluding ortho intramolecular Hbond substituents is 1. The van der Waals surface area contributed by atoms with Crippen molar-refractivity contribution in [1.82, 2.24) is 9.97 Å². The zero-order chi connectivity index (χ0) is 16.4. The number of thioether (sulfide) groups is 1. The van der Waals surface area contributed by atoms with Gasteiger partial charge in [-0.15, -0.1) is 0 Å². The van der Waals surface area contributed by atoms with Crippen LogP contribution in [0.4, 0.5) is 5.82 Å². The fourth-order valence-corrected chi connectivity index (χ4v) is 3.33. The van der Waals surface area contributed by atoms with Gasteiger partial charge in [0.1, 0.15) is 11.6 Å². The van der Waals surface area contributed by atoms with E-state index in [0.717, 1.165) is 17.7 Å². The van der Waals surface area contributed by atoms with Gasteiger partial charge in [-0.1, -0.05) is 30.8 Å². The van der Waals surface area contributed by atoms with Crippen molar-refractivity contribution in [3.63, 3.8) is 0 Å². The molecule has 1 aliphatic rings. The fraction of sp³-hybridized carbons (Fsp3) is 0.312. The van der Waals surface area contributed by atoms with E-state index in [1.54, 1.807) is 24.3 Å². The summed E-state index contributed by atoms with van der Waals surface area (Å²) >= 11 is 1.46. The number of aromatic hydroxyl groups is 1. The first kappa shape index (κ1) is 15.6. The smallest absolute Gasteiger partial charge is 0.257 e. The van der Waals surface area contributed by atoms with Gasteiger partial charge in [0.15, 0.2) is 5.16 Å². The summed E-state index contributed by atoms with van der Waals surface area (Å²) < 4.78 is 0. The average molecular weight is 331 g/mol. The number of aromatic nitrogens is 2. The van der Waals surface area contributed by atoms with Crippen molar-refractivity contribution in [2.75, 3.05) is 11.1 Å². The maximum Gasteiger partial charge on any atom is 0.257 e. The molecule has 0 spiro atoms. The molecule has 1 atom stereocenters. The fourth-order valence-electron chi connectivity index (χ4n) is 2.61. The third kappa shape index (κ3) is 3.24. The number of rotatable bonds is 4. The average Bonchev–Trinajstić information content (AvgIpc) is 2.52. The lowest BCUT2D eigenvalue weighted by molar-refractivity contribution is -0.116. The third-order valence-corrected chi connectivity index (χ3v) is 4.75. The highest BCUT2D eigenvalue weighted by Crippen LogP contribution is 2.34. The van der Waals surface area contributed by atoms with Crippen molar-refractivity contribution >= 4 is 23.5 Å². The van der Waals surface area contributed by atoms with Crippen LogP contribution >= 0.6 is 11.8 Å². The zero-order valence-corrected chi connectivity index (χ0v) is 13.4. The molecule has 0 bridgehead atoms. The number of carbonyl (C=O) groups is 1. The topological polar surface area (TPSA) is 95.1 Å². The zero-order valence-electron chi connectivity index (χ0n) is 12.6. The first-order chi connectivity index (χ1) is 11.1. The predicted molar refractivity (Wildman–Crippen MR) is 89.1 cm³/mol. The maximum atomic E-state index is 12.5. The molecule has 1 aromatic carbocycles. The molecule has 1 amide bonds. The van der Waals surface area contributed by atoms with E-state index in [9.17, 15) is 14.7 Å². The molecule has 0 radical (unpaired) electrons. The van der Waals surface area contributed by atoms with Crippen molar-refractivity contribution in [1.29, 1.82) is 0 Å². The largest absolute Gasteiger partial charge is 0.508 e. The summed E-state index contributed by atoms with van der Waals surface area (Å²) in [7, 11) is 0. The van der Waals surface area contributed by atoms with Crippen molar-refractivity contribution in [2.24, 2.45) is 0 Å². The summed E-state index contributed by atoms with van der Waals surface area (Å²) in [5.74, 6) is 0.798. The van der Waals surface area contributed by atoms with Crippen molar-refractivity contribution in [2.45, 2.75) is 30.8 Å². The van der Waals surface area contributed by atoms with Gasteiger partial charge in [-0.05, 0) is 24.1 Å². The first-order valence-electron chi connectivity index (χ1n) is 7.44. The number of aromatic amines is 1. The Bertz CT molecular complexity index is 786. The Morgan fingerprint density at radius 2 is 2.04 bits per heavy atom. The minimum Gasteiger partial charge on any atom is -0.508 e. The second-order valence-electron chi connectivity index (χ2n) is 5.38. The van der Waals surface area contributed by atoms with Gasteiger partial charge in [-0.2, -0.15) is 0 Å². The van der Waals surface area contributed by atoms with E-state index >= 15 is 0 Å². The molecule has 0 aliphatic carbocycles. The Morgan fingerprint density at radius 1 is 1.30 bits per heavy atom. The number of carbonyl (C=O) groups excluding carboxylic acids is 1. The monoisotopic (exact) mass is 331 g/mol. The normalized spacial score (nSPS) is 16.7. The minimum absolute atomic E-state index is 0.146. The van der Waals surface area contributed by atoms with E-state index in [2.05, 4.69) is 15.3 Å². The van der Waals surface area contributed by atoms with Crippen LogP contribution in [0.5, 0.6) is 5.75 Å². The summed E-state index contributed by atoms with van der Waals surface area (Å²) in [6, 6.07) is 6.55. The minimum atomic E-state index is -0.360. The summed E-state index contributed by atoms with van der Waals surface area (Å²) in [5, 5.41) is 12.6. The number of benzene rings is 1. The molecule has 3 rings (SSSR count). The molecule has 2 heterocycles. The molecular formula is C16H17N3O3S. The van der Waals surface area contributed by atoms with Gasteiger partial charge in [-0.3, -0.25) is 9.59 Å². The highest BCUT2D eigenvalue weighted by Gasteiger charge is 2.30. The molecule has 0 fully saturated rings. The number of nitrogens with one attached hydrogen (secondary N) is 2. The van der Waals surface area contributed by atoms with Gasteiger partial charge >= 0.3 is 0 Å². The van der Waals surface area contributed by atoms with Gasteiger partial charge in [0.25, 0.3) is 5.56 Å². The van der Waals surface area contributed by atoms with E-state index in [0.29, 0.717) is 16.5 Å². The molecule has 120 valence electrons. The standard InChI is InChI=1S/C16H17N3O3S/c1-2-7-23-16-18-14-13(15(22)19-16)11(8-12(21)17-14)9-3-5-10(20)6-4-9/h3-6,11,20H,2,7-8H2,1H3,(H2,17,18,19,21,22). The van der Waals surface area contributed by atoms with Gasteiger partial charge < -0.3 is 15.4 Å². The number of hydrogen-bond donors (Lipinski definition) is 3. The molecule has 6 nitrogen and oxygen atoms in total. The SMILES string of the molecule is CCCSc1nc2c(c(=O)[nH]1)C(c1ccc(O)cc1)CC(=O)N2. The lowest BCUT2D eigenvalue weighted by Gasteiger charge is -2.24. The third-order valence-electron chi connectivity index (χ3n) is 3.67. The molecular weight excluding hydrogens is 314 g/mol. The molecule has 0 saturated heterocycles. The Kier molecular flexibility index (Phi) is 4.38. The Morgan fingerprint density at radius 3 is 2.74 bits per heavy atom. The lowest BCUT2D eigenvalue weighted by Crippen LogP contribution is -2.31. The van der Waals surface area contributed by atoms with Crippen molar-refractivity contribution < 1.29 is 9.90 Å². The second kappa shape index (κ2) is 6.45. The van der Waals surface area contributed by atoms with Gasteiger partial charge in [0, 0.05) is 18.1 Å². The Hall–Kier alpha value is -2.28. The summed E-state index contributed by atoms with van der Waals surface area (Å²) in [6.07, 6.45) is 1.15. The van der Waals surface area contributed by atoms with Crippen LogP contribution < -0.4 is 10.9 Å². The van der Waals surface area contributed by atoms with Crippen LogP contribution in [0.1, 0.15) is 36.8 Å². The highest BCUT2D eigenvalue weighted by atomic mass is 32.2. The molecule has 1 aromatic heterocycles. The summed E-state index contributed by atoms with van der Waals surface area (Å²) in [4.78, 5) is 31.7. The predicted octanol–water partition coefficient (Wildman–Crippen LogP) is 2.45. The molecule has 0 saturated carbocycles. The van der Waals surface area contributed by atoms with E-state index in [4.69, 9.17) is 0 Å². The summed E-state index contributed by atoms with van der Waals surface area (Å²) in [5.41, 5.74) is 1.04. The summed E-state index contributed by atoms with van der Waals surface area (Å²) in [6.45, 7) is 2.05. The van der Waals surface area contributed by atoms with Crippen LogP contribution in [0.3, 0.4) is 0 Å². The number of H-pyrrole nitrogens is 1. The molecule has 7 heteroatoms. The van der Waals surface area contributed by atoms with E-state index < -0.39 is 0 Å². The number of hydrogen-bond acceptors (Lipinski definition) is 5. The van der Waals surface area contributed by atoms with Gasteiger partial charge in [0.2, 0.25) is 5.91 Å². The van der Waals surface area contributed by atoms with Gasteiger partial charge in [-0.25, -0.2) is 4.98 Å². The lowest BCUT2D eigenvalue weighted by atomic mass is 9.87. The quantitative estimate of drug-likeness (QED) is 0.591. The first-order valence-corrected chi connectivity index (χ1v) is 8.43. The molecule has 3 N–H and O–H groups in total. The number of fused-ring (bicyclic) bond motifs is 1. The highest BCUT2D eigenvalue weighted by molar-refractivity contribution is 7.99. The Balaban J connectivity index is 2.05. The van der Waals surface area contributed by atoms with Gasteiger partial charge in [0.05, 0.1) is 5.56 Å². The van der Waals surface area contributed by atoms with Crippen LogP contribution in [0, 0.1) is 0 Å². The number of anilines is 1. The molecule has 23 heavy (non-hydrogen) atoms. The molecule has 1 unspecified atom stereocenters. The van der Waals surface area contributed by atoms with E-state index in [1.807, 2.05) is 6.92 Å². The number of amides is 1. The van der Waals surface area contributed by atoms with E-state index in [-0.39, 0.29) is 29.6 Å². The van der Waals surface area contributed by atoms with Crippen molar-refractivity contribution in [3.8, 4) is 5.75 Å². The van der Waals surface area contributed by atoms with E-state index in [1.165, 1.54) is 11.8 Å². The molecule has 1 aliphatic heterocycles. The maximum absolute atomic E-state index is 12.5. The van der Waals surface area contributed by atoms with Crippen LogP contribution in [-0.4, -0.2) is 26.7 Å².